The molecule has 0 spiro atoms. The Morgan fingerprint density at radius 2 is 1.67 bits per heavy atom. The highest BCUT2D eigenvalue weighted by Crippen LogP contribution is 2.36. The van der Waals surface area contributed by atoms with E-state index in [-0.39, 0.29) is 18.4 Å². The zero-order chi connectivity index (χ0) is 21.1. The van der Waals surface area contributed by atoms with Crippen LogP contribution in [0.15, 0.2) is 72.8 Å². The molecule has 7 heteroatoms. The summed E-state index contributed by atoms with van der Waals surface area (Å²) in [6, 6.07) is 22.2. The van der Waals surface area contributed by atoms with Crippen LogP contribution in [0.2, 0.25) is 5.02 Å². The van der Waals surface area contributed by atoms with E-state index in [2.05, 4.69) is 10.6 Å². The number of fused-ring (bicyclic) bond motifs is 1. The summed E-state index contributed by atoms with van der Waals surface area (Å²) in [6.45, 7) is 1.52. The van der Waals surface area contributed by atoms with Crippen molar-refractivity contribution in [3.05, 3.63) is 77.8 Å². The number of halogens is 1. The highest BCUT2D eigenvalue weighted by molar-refractivity contribution is 6.31. The van der Waals surface area contributed by atoms with E-state index in [0.29, 0.717) is 22.1 Å². The first-order valence-corrected chi connectivity index (χ1v) is 9.87. The van der Waals surface area contributed by atoms with E-state index >= 15 is 0 Å². The maximum Gasteiger partial charge on any atom is 0.268 e. The van der Waals surface area contributed by atoms with E-state index in [4.69, 9.17) is 16.3 Å². The lowest BCUT2D eigenvalue weighted by Gasteiger charge is -2.32. The van der Waals surface area contributed by atoms with Crippen LogP contribution in [0, 0.1) is 0 Å². The number of rotatable bonds is 5. The number of carbonyl (C=O) groups excluding carboxylic acids is 2. The molecule has 3 aromatic rings. The van der Waals surface area contributed by atoms with Gasteiger partial charge in [-0.1, -0.05) is 29.8 Å². The zero-order valence-corrected chi connectivity index (χ0v) is 17.0. The van der Waals surface area contributed by atoms with Crippen molar-refractivity contribution in [2.45, 2.75) is 13.0 Å². The molecule has 0 radical (unpaired) electrons. The lowest BCUT2D eigenvalue weighted by molar-refractivity contribution is -0.127. The van der Waals surface area contributed by atoms with E-state index in [9.17, 15) is 9.59 Å². The molecule has 0 bridgehead atoms. The largest absolute Gasteiger partial charge is 0.479 e. The number of anilines is 4. The van der Waals surface area contributed by atoms with Gasteiger partial charge >= 0.3 is 0 Å². The lowest BCUT2D eigenvalue weighted by Crippen LogP contribution is -2.47. The fourth-order valence-electron chi connectivity index (χ4n) is 3.21. The van der Waals surface area contributed by atoms with Gasteiger partial charge in [0.1, 0.15) is 12.3 Å². The molecule has 1 heterocycles. The number of nitrogens with one attached hydrogen (secondary N) is 2. The minimum absolute atomic E-state index is 0.135. The molecule has 0 saturated heterocycles. The second kappa shape index (κ2) is 8.47. The van der Waals surface area contributed by atoms with Gasteiger partial charge in [0.2, 0.25) is 5.91 Å². The normalized spacial score (nSPS) is 15.2. The van der Waals surface area contributed by atoms with Crippen molar-refractivity contribution in [3.63, 3.8) is 0 Å². The quantitative estimate of drug-likeness (QED) is 0.618. The minimum atomic E-state index is -0.671. The molecule has 1 atom stereocenters. The molecule has 4 rings (SSSR count). The van der Waals surface area contributed by atoms with Crippen molar-refractivity contribution in [1.29, 1.82) is 0 Å². The molecule has 152 valence electrons. The lowest BCUT2D eigenvalue weighted by atomic mass is 10.2. The molecule has 2 N–H and O–H groups in total. The third kappa shape index (κ3) is 4.39. The van der Waals surface area contributed by atoms with Gasteiger partial charge in [0.25, 0.3) is 5.91 Å². The summed E-state index contributed by atoms with van der Waals surface area (Å²) in [5.41, 5.74) is 3.01. The summed E-state index contributed by atoms with van der Waals surface area (Å²) in [5, 5.41) is 6.58. The number of para-hydroxylation sites is 1. The highest BCUT2D eigenvalue weighted by atomic mass is 35.5. The highest BCUT2D eigenvalue weighted by Gasteiger charge is 2.32. The van der Waals surface area contributed by atoms with Crippen LogP contribution >= 0.6 is 11.6 Å². The Kier molecular flexibility index (Phi) is 5.59. The molecule has 1 aliphatic heterocycles. The van der Waals surface area contributed by atoms with Crippen molar-refractivity contribution in [3.8, 4) is 5.75 Å². The second-order valence-corrected chi connectivity index (χ2v) is 7.35. The topological polar surface area (TPSA) is 70.7 Å². The van der Waals surface area contributed by atoms with Crippen LogP contribution in [0.4, 0.5) is 22.7 Å². The van der Waals surface area contributed by atoms with Crippen LogP contribution in [0.5, 0.6) is 5.75 Å². The second-order valence-electron chi connectivity index (χ2n) is 6.91. The molecule has 1 aliphatic rings. The summed E-state index contributed by atoms with van der Waals surface area (Å²) in [7, 11) is 0. The maximum atomic E-state index is 12.6. The number of hydrogen-bond donors (Lipinski definition) is 2. The predicted molar refractivity (Wildman–Crippen MR) is 119 cm³/mol. The molecule has 3 aromatic carbocycles. The first-order chi connectivity index (χ1) is 14.5. The standard InChI is InChI=1S/C23H20ClN3O3/c1-15-23(29)27(20-13-16(24)7-12-21(20)30-15)14-22(28)26-19-10-8-18(9-11-19)25-17-5-3-2-4-6-17/h2-13,15,25H,14H2,1H3,(H,26,28). The van der Waals surface area contributed by atoms with Crippen molar-refractivity contribution in [2.24, 2.45) is 0 Å². The number of nitrogens with zero attached hydrogens (tertiary/aromatic N) is 1. The summed E-state index contributed by atoms with van der Waals surface area (Å²) in [6.07, 6.45) is -0.671. The van der Waals surface area contributed by atoms with Crippen LogP contribution in [-0.4, -0.2) is 24.5 Å². The van der Waals surface area contributed by atoms with Gasteiger partial charge in [-0.3, -0.25) is 14.5 Å². The SMILES string of the molecule is CC1Oc2ccc(Cl)cc2N(CC(=O)Nc2ccc(Nc3ccccc3)cc2)C1=O. The van der Waals surface area contributed by atoms with E-state index in [1.807, 2.05) is 42.5 Å². The zero-order valence-electron chi connectivity index (χ0n) is 16.3. The molecule has 0 aliphatic carbocycles. The first kappa shape index (κ1) is 19.8. The number of ether oxygens (including phenoxy) is 1. The Hall–Kier alpha value is -3.51. The van der Waals surface area contributed by atoms with Gasteiger partial charge in [0, 0.05) is 22.1 Å². The van der Waals surface area contributed by atoms with Gasteiger partial charge < -0.3 is 15.4 Å². The Morgan fingerprint density at radius 3 is 2.40 bits per heavy atom. The molecule has 2 amide bonds. The van der Waals surface area contributed by atoms with Crippen LogP contribution in [0.1, 0.15) is 6.92 Å². The molecule has 0 aromatic heterocycles. The molecule has 0 saturated carbocycles. The summed E-state index contributed by atoms with van der Waals surface area (Å²) in [5.74, 6) is -0.0786. The molecule has 6 nitrogen and oxygen atoms in total. The number of benzene rings is 3. The summed E-state index contributed by atoms with van der Waals surface area (Å²) >= 11 is 6.07. The smallest absolute Gasteiger partial charge is 0.268 e. The van der Waals surface area contributed by atoms with Gasteiger partial charge in [0.15, 0.2) is 6.10 Å². The van der Waals surface area contributed by atoms with Crippen LogP contribution in [0.3, 0.4) is 0 Å². The van der Waals surface area contributed by atoms with E-state index in [1.54, 1.807) is 37.3 Å². The number of carbonyl (C=O) groups is 2. The van der Waals surface area contributed by atoms with Crippen molar-refractivity contribution < 1.29 is 14.3 Å². The van der Waals surface area contributed by atoms with Crippen molar-refractivity contribution in [1.82, 2.24) is 0 Å². The van der Waals surface area contributed by atoms with Crippen LogP contribution in [-0.2, 0) is 9.59 Å². The molecular formula is C23H20ClN3O3. The van der Waals surface area contributed by atoms with Gasteiger partial charge in [-0.2, -0.15) is 0 Å². The maximum absolute atomic E-state index is 12.6. The third-order valence-electron chi connectivity index (χ3n) is 4.66. The average molecular weight is 422 g/mol. The predicted octanol–water partition coefficient (Wildman–Crippen LogP) is 4.84. The summed E-state index contributed by atoms with van der Waals surface area (Å²) in [4.78, 5) is 26.6. The Morgan fingerprint density at radius 1 is 1.00 bits per heavy atom. The van der Waals surface area contributed by atoms with Crippen LogP contribution < -0.4 is 20.3 Å². The van der Waals surface area contributed by atoms with Gasteiger partial charge in [0.05, 0.1) is 5.69 Å². The van der Waals surface area contributed by atoms with Crippen LogP contribution in [0.25, 0.3) is 0 Å². The fraction of sp³-hybridized carbons (Fsp3) is 0.130. The monoisotopic (exact) mass is 421 g/mol. The first-order valence-electron chi connectivity index (χ1n) is 9.49. The summed E-state index contributed by atoms with van der Waals surface area (Å²) < 4.78 is 5.60. The van der Waals surface area contributed by atoms with Gasteiger partial charge in [-0.15, -0.1) is 0 Å². The Labute approximate surface area is 179 Å². The Bertz CT molecular complexity index is 1070. The molecule has 30 heavy (non-hydrogen) atoms. The Balaban J connectivity index is 1.43. The molecule has 1 unspecified atom stereocenters. The average Bonchev–Trinajstić information content (AvgIpc) is 2.74. The van der Waals surface area contributed by atoms with E-state index < -0.39 is 6.10 Å². The van der Waals surface area contributed by atoms with Crippen molar-refractivity contribution >= 4 is 46.2 Å². The number of amides is 2. The van der Waals surface area contributed by atoms with Gasteiger partial charge in [-0.05, 0) is 61.5 Å². The van der Waals surface area contributed by atoms with E-state index in [0.717, 1.165) is 11.4 Å². The minimum Gasteiger partial charge on any atom is -0.479 e. The number of hydrogen-bond acceptors (Lipinski definition) is 4. The molecular weight excluding hydrogens is 402 g/mol. The third-order valence-corrected chi connectivity index (χ3v) is 4.90. The molecule has 0 fully saturated rings. The van der Waals surface area contributed by atoms with E-state index in [1.165, 1.54) is 4.90 Å². The fourth-order valence-corrected chi connectivity index (χ4v) is 3.38. The van der Waals surface area contributed by atoms with Gasteiger partial charge in [-0.25, -0.2) is 0 Å². The van der Waals surface area contributed by atoms with Crippen molar-refractivity contribution in [2.75, 3.05) is 22.1 Å².